The lowest BCUT2D eigenvalue weighted by Crippen LogP contribution is -2.13. The maximum Gasteiger partial charge on any atom is 0.331 e. The van der Waals surface area contributed by atoms with E-state index in [0.29, 0.717) is 17.1 Å². The van der Waals surface area contributed by atoms with Gasteiger partial charge in [-0.15, -0.1) is 11.3 Å². The minimum Gasteiger partial charge on any atom is -0.454 e. The average molecular weight is 410 g/mol. The van der Waals surface area contributed by atoms with E-state index < -0.39 is 5.97 Å². The maximum atomic E-state index is 12.5. The first-order chi connectivity index (χ1) is 14.0. The summed E-state index contributed by atoms with van der Waals surface area (Å²) in [6.45, 7) is 3.62. The molecule has 29 heavy (non-hydrogen) atoms. The van der Waals surface area contributed by atoms with Crippen LogP contribution < -0.4 is 9.47 Å². The minimum atomic E-state index is -0.593. The Bertz CT molecular complexity index is 1100. The van der Waals surface area contributed by atoms with E-state index >= 15 is 0 Å². The van der Waals surface area contributed by atoms with Gasteiger partial charge in [0.25, 0.3) is 0 Å². The van der Waals surface area contributed by atoms with Crippen LogP contribution in [0.3, 0.4) is 0 Å². The van der Waals surface area contributed by atoms with Gasteiger partial charge < -0.3 is 14.2 Å². The van der Waals surface area contributed by atoms with Crippen LogP contribution in [0, 0.1) is 13.8 Å². The molecule has 3 aromatic rings. The molecule has 0 amide bonds. The van der Waals surface area contributed by atoms with Crippen LogP contribution in [-0.4, -0.2) is 34.7 Å². The Labute approximate surface area is 171 Å². The summed E-state index contributed by atoms with van der Waals surface area (Å²) in [5.41, 5.74) is 2.96. The van der Waals surface area contributed by atoms with Gasteiger partial charge in [-0.2, -0.15) is 0 Å². The first kappa shape index (κ1) is 18.9. The van der Waals surface area contributed by atoms with Crippen molar-refractivity contribution in [3.8, 4) is 16.6 Å². The van der Waals surface area contributed by atoms with Crippen LogP contribution in [0.25, 0.3) is 11.2 Å². The number of hydrogen-bond acceptors (Lipinski definition) is 7. The molecule has 4 rings (SSSR count). The molecule has 0 atom stereocenters. The largest absolute Gasteiger partial charge is 0.454 e. The second-order valence-electron chi connectivity index (χ2n) is 6.41. The molecular formula is C21H18N2O5S. The summed E-state index contributed by atoms with van der Waals surface area (Å²) < 4.78 is 17.6. The number of carbonyl (C=O) groups is 2. The van der Waals surface area contributed by atoms with Crippen LogP contribution in [-0.2, 0) is 9.53 Å². The van der Waals surface area contributed by atoms with Crippen LogP contribution in [0.4, 0.5) is 0 Å². The number of hydrogen-bond donors (Lipinski definition) is 0. The zero-order valence-electron chi connectivity index (χ0n) is 15.9. The number of ether oxygens (including phenoxy) is 3. The third-order valence-corrected chi connectivity index (χ3v) is 5.25. The molecule has 0 bridgehead atoms. The van der Waals surface area contributed by atoms with Crippen molar-refractivity contribution in [2.75, 3.05) is 13.4 Å². The quantitative estimate of drug-likeness (QED) is 0.350. The molecule has 0 saturated heterocycles. The van der Waals surface area contributed by atoms with Crippen molar-refractivity contribution in [1.29, 1.82) is 0 Å². The molecule has 0 saturated carbocycles. The summed E-state index contributed by atoms with van der Waals surface area (Å²) in [5, 5.41) is 2.67. The number of thiazole rings is 1. The lowest BCUT2D eigenvalue weighted by molar-refractivity contribution is -0.136. The summed E-state index contributed by atoms with van der Waals surface area (Å²) in [5.74, 6) is 0.451. The highest BCUT2D eigenvalue weighted by Crippen LogP contribution is 2.32. The Morgan fingerprint density at radius 2 is 2.07 bits per heavy atom. The van der Waals surface area contributed by atoms with Crippen molar-refractivity contribution in [2.45, 2.75) is 13.8 Å². The molecule has 1 aliphatic rings. The predicted molar refractivity (Wildman–Crippen MR) is 108 cm³/mol. The van der Waals surface area contributed by atoms with Gasteiger partial charge in [-0.1, -0.05) is 6.07 Å². The summed E-state index contributed by atoms with van der Waals surface area (Å²) in [4.78, 5) is 28.8. The highest BCUT2D eigenvalue weighted by Gasteiger charge is 2.19. The number of rotatable bonds is 6. The van der Waals surface area contributed by atoms with Gasteiger partial charge in [-0.05, 0) is 43.7 Å². The molecule has 1 aliphatic heterocycles. The molecule has 0 fully saturated rings. The first-order valence-electron chi connectivity index (χ1n) is 8.89. The predicted octanol–water partition coefficient (Wildman–Crippen LogP) is 3.72. The second-order valence-corrected chi connectivity index (χ2v) is 7.28. The molecule has 0 spiro atoms. The van der Waals surface area contributed by atoms with Crippen molar-refractivity contribution in [2.24, 2.45) is 0 Å². The Balaban J connectivity index is 1.38. The fraction of sp³-hybridized carbons (Fsp3) is 0.190. The van der Waals surface area contributed by atoms with Crippen molar-refractivity contribution < 1.29 is 23.8 Å². The minimum absolute atomic E-state index is 0.190. The fourth-order valence-corrected chi connectivity index (χ4v) is 3.86. The molecule has 8 heteroatoms. The third kappa shape index (κ3) is 3.93. The second kappa shape index (κ2) is 7.92. The Kier molecular flexibility index (Phi) is 5.18. The van der Waals surface area contributed by atoms with Gasteiger partial charge in [0, 0.05) is 34.6 Å². The number of ketones is 1. The van der Waals surface area contributed by atoms with E-state index in [1.807, 2.05) is 23.8 Å². The molecule has 3 heterocycles. The SMILES string of the molecule is Cc1cc(C(=O)COC(=O)/C=C/c2ccc3c(c2)OCO3)c(C)n1-c1nccs1. The summed E-state index contributed by atoms with van der Waals surface area (Å²) >= 11 is 1.49. The molecule has 0 N–H and O–H groups in total. The molecule has 0 unspecified atom stereocenters. The summed E-state index contributed by atoms with van der Waals surface area (Å²) in [7, 11) is 0. The number of benzene rings is 1. The van der Waals surface area contributed by atoms with E-state index in [0.717, 1.165) is 22.1 Å². The smallest absolute Gasteiger partial charge is 0.331 e. The van der Waals surface area contributed by atoms with E-state index in [1.165, 1.54) is 17.4 Å². The number of aryl methyl sites for hydroxylation is 1. The van der Waals surface area contributed by atoms with E-state index in [4.69, 9.17) is 14.2 Å². The van der Waals surface area contributed by atoms with Crippen LogP contribution in [0.2, 0.25) is 0 Å². The zero-order chi connectivity index (χ0) is 20.4. The van der Waals surface area contributed by atoms with Crippen LogP contribution >= 0.6 is 11.3 Å². The van der Waals surface area contributed by atoms with Crippen molar-refractivity contribution in [3.05, 3.63) is 64.4 Å². The molecule has 7 nitrogen and oxygen atoms in total. The van der Waals surface area contributed by atoms with E-state index in [9.17, 15) is 9.59 Å². The number of fused-ring (bicyclic) bond motifs is 1. The van der Waals surface area contributed by atoms with Gasteiger partial charge in [-0.3, -0.25) is 9.36 Å². The molecule has 0 radical (unpaired) electrons. The zero-order valence-corrected chi connectivity index (χ0v) is 16.7. The van der Waals surface area contributed by atoms with Crippen molar-refractivity contribution in [1.82, 2.24) is 9.55 Å². The molecule has 2 aromatic heterocycles. The number of aromatic nitrogens is 2. The van der Waals surface area contributed by atoms with E-state index in [1.54, 1.807) is 36.5 Å². The Hall–Kier alpha value is -3.39. The van der Waals surface area contributed by atoms with Crippen molar-refractivity contribution >= 4 is 29.2 Å². The molecular weight excluding hydrogens is 392 g/mol. The standard InChI is InChI=1S/C21H18N2O5S/c1-13-9-16(14(2)23(13)21-22-7-8-29-21)17(24)11-26-20(25)6-4-15-3-5-18-19(10-15)28-12-27-18/h3-10H,11-12H2,1-2H3/b6-4+. The highest BCUT2D eigenvalue weighted by molar-refractivity contribution is 7.12. The van der Waals surface area contributed by atoms with Gasteiger partial charge in [0.2, 0.25) is 12.6 Å². The number of nitrogens with zero attached hydrogens (tertiary/aromatic N) is 2. The highest BCUT2D eigenvalue weighted by atomic mass is 32.1. The third-order valence-electron chi connectivity index (χ3n) is 4.50. The molecule has 148 valence electrons. The molecule has 1 aromatic carbocycles. The first-order valence-corrected chi connectivity index (χ1v) is 9.77. The van der Waals surface area contributed by atoms with Crippen LogP contribution in [0.1, 0.15) is 27.3 Å². The number of Topliss-reactive ketones (excluding diaryl/α,β-unsaturated/α-hetero) is 1. The van der Waals surface area contributed by atoms with Gasteiger partial charge in [0.05, 0.1) is 0 Å². The van der Waals surface area contributed by atoms with Gasteiger partial charge >= 0.3 is 5.97 Å². The monoisotopic (exact) mass is 410 g/mol. The average Bonchev–Trinajstić information content (AvgIpc) is 3.44. The summed E-state index contributed by atoms with van der Waals surface area (Å²) in [6.07, 6.45) is 4.60. The maximum absolute atomic E-state index is 12.5. The normalized spacial score (nSPS) is 12.5. The Morgan fingerprint density at radius 1 is 1.24 bits per heavy atom. The lowest BCUT2D eigenvalue weighted by Gasteiger charge is -2.05. The van der Waals surface area contributed by atoms with E-state index in [-0.39, 0.29) is 19.2 Å². The van der Waals surface area contributed by atoms with Crippen molar-refractivity contribution in [3.63, 3.8) is 0 Å². The van der Waals surface area contributed by atoms with Gasteiger partial charge in [-0.25, -0.2) is 9.78 Å². The summed E-state index contributed by atoms with van der Waals surface area (Å²) in [6, 6.07) is 7.13. The molecule has 0 aliphatic carbocycles. The van der Waals surface area contributed by atoms with Crippen LogP contribution in [0.15, 0.2) is 41.9 Å². The number of carbonyl (C=O) groups excluding carboxylic acids is 2. The van der Waals surface area contributed by atoms with Gasteiger partial charge in [0.15, 0.2) is 23.2 Å². The van der Waals surface area contributed by atoms with Gasteiger partial charge in [0.1, 0.15) is 0 Å². The van der Waals surface area contributed by atoms with E-state index in [2.05, 4.69) is 4.98 Å². The number of esters is 1. The Morgan fingerprint density at radius 3 is 2.86 bits per heavy atom. The van der Waals surface area contributed by atoms with Crippen LogP contribution in [0.5, 0.6) is 11.5 Å². The topological polar surface area (TPSA) is 79.7 Å². The fourth-order valence-electron chi connectivity index (χ4n) is 3.11. The lowest BCUT2D eigenvalue weighted by atomic mass is 10.1.